The van der Waals surface area contributed by atoms with Crippen molar-refractivity contribution < 1.29 is 28.5 Å². The number of nitrogens with one attached hydrogen (secondary N) is 2. The number of halogens is 1. The van der Waals surface area contributed by atoms with Gasteiger partial charge in [-0.05, 0) is 54.8 Å². The Morgan fingerprint density at radius 1 is 1.03 bits per heavy atom. The average Bonchev–Trinajstić information content (AvgIpc) is 3.35. The molecule has 0 aliphatic heterocycles. The molecule has 34 heavy (non-hydrogen) atoms. The summed E-state index contributed by atoms with van der Waals surface area (Å²) >= 11 is 0. The summed E-state index contributed by atoms with van der Waals surface area (Å²) < 4.78 is 30.2. The van der Waals surface area contributed by atoms with Crippen LogP contribution in [0.25, 0.3) is 0 Å². The molecule has 0 spiro atoms. The summed E-state index contributed by atoms with van der Waals surface area (Å²) in [5.74, 6) is 0.875. The van der Waals surface area contributed by atoms with E-state index in [1.165, 1.54) is 25.0 Å². The monoisotopic (exact) mass is 474 g/mol. The van der Waals surface area contributed by atoms with Gasteiger partial charge in [0, 0.05) is 19.6 Å². The zero-order valence-corrected chi connectivity index (χ0v) is 19.5. The van der Waals surface area contributed by atoms with Crippen molar-refractivity contribution in [1.82, 2.24) is 10.6 Å². The first-order chi connectivity index (χ1) is 16.6. The van der Waals surface area contributed by atoms with E-state index in [1.807, 2.05) is 12.1 Å². The third-order valence-corrected chi connectivity index (χ3v) is 5.53. The van der Waals surface area contributed by atoms with Gasteiger partial charge in [0.1, 0.15) is 36.6 Å². The second-order valence-corrected chi connectivity index (χ2v) is 8.42. The maximum Gasteiger partial charge on any atom is 0.224 e. The Hall–Kier alpha value is -2.68. The number of aliphatic hydroxyl groups is 1. The van der Waals surface area contributed by atoms with Crippen molar-refractivity contribution in [3.05, 3.63) is 59.9 Å². The van der Waals surface area contributed by atoms with E-state index < -0.39 is 6.10 Å². The lowest BCUT2D eigenvalue weighted by Gasteiger charge is -2.14. The second kappa shape index (κ2) is 14.6. The van der Waals surface area contributed by atoms with Crippen LogP contribution in [0.1, 0.15) is 31.2 Å². The van der Waals surface area contributed by atoms with Crippen LogP contribution in [0.5, 0.6) is 11.5 Å². The molecule has 8 heteroatoms. The van der Waals surface area contributed by atoms with Gasteiger partial charge in [0.2, 0.25) is 5.91 Å². The third kappa shape index (κ3) is 10.1. The van der Waals surface area contributed by atoms with E-state index in [2.05, 4.69) is 10.6 Å². The molecule has 3 N–H and O–H groups in total. The zero-order valence-electron chi connectivity index (χ0n) is 19.5. The van der Waals surface area contributed by atoms with Crippen LogP contribution in [0.2, 0.25) is 0 Å². The fourth-order valence-electron chi connectivity index (χ4n) is 3.77. The highest BCUT2D eigenvalue weighted by atomic mass is 19.1. The van der Waals surface area contributed by atoms with Gasteiger partial charge in [-0.15, -0.1) is 0 Å². The Kier molecular flexibility index (Phi) is 11.1. The maximum atomic E-state index is 13.2. The van der Waals surface area contributed by atoms with Gasteiger partial charge >= 0.3 is 0 Å². The van der Waals surface area contributed by atoms with Crippen molar-refractivity contribution in [2.75, 3.05) is 39.5 Å². The molecule has 7 nitrogen and oxygen atoms in total. The molecule has 3 rings (SSSR count). The van der Waals surface area contributed by atoms with E-state index in [1.54, 1.807) is 24.3 Å². The molecule has 1 aliphatic carbocycles. The molecular weight excluding hydrogens is 439 g/mol. The second-order valence-electron chi connectivity index (χ2n) is 8.42. The summed E-state index contributed by atoms with van der Waals surface area (Å²) in [5.41, 5.74) is 0.631. The van der Waals surface area contributed by atoms with E-state index in [0.717, 1.165) is 18.6 Å². The average molecular weight is 475 g/mol. The van der Waals surface area contributed by atoms with Gasteiger partial charge in [-0.3, -0.25) is 4.79 Å². The molecule has 0 saturated heterocycles. The molecule has 1 amide bonds. The van der Waals surface area contributed by atoms with Crippen LogP contribution >= 0.6 is 0 Å². The summed E-state index contributed by atoms with van der Waals surface area (Å²) in [5, 5.41) is 15.9. The number of rotatable bonds is 15. The summed E-state index contributed by atoms with van der Waals surface area (Å²) in [6, 6.07) is 13.3. The number of ether oxygens (including phenoxy) is 3. The number of amides is 1. The molecule has 1 unspecified atom stereocenters. The van der Waals surface area contributed by atoms with E-state index >= 15 is 0 Å². The summed E-state index contributed by atoms with van der Waals surface area (Å²) in [7, 11) is 0. The first-order valence-corrected chi connectivity index (χ1v) is 12.0. The minimum Gasteiger partial charge on any atom is -0.491 e. The molecule has 0 aromatic heterocycles. The van der Waals surface area contributed by atoms with Crippen molar-refractivity contribution in [2.45, 2.75) is 44.3 Å². The lowest BCUT2D eigenvalue weighted by molar-refractivity contribution is -0.120. The van der Waals surface area contributed by atoms with Gasteiger partial charge in [-0.1, -0.05) is 25.0 Å². The maximum absolute atomic E-state index is 13.2. The van der Waals surface area contributed by atoms with Crippen LogP contribution in [0.15, 0.2) is 48.5 Å². The van der Waals surface area contributed by atoms with Crippen molar-refractivity contribution >= 4 is 5.91 Å². The SMILES string of the molecule is O=C(Cc1cccc(F)c1)NCCNCC(O)COc1ccc(OCCOC2CCCC2)cc1. The predicted octanol–water partition coefficient (Wildman–Crippen LogP) is 2.85. The third-order valence-electron chi connectivity index (χ3n) is 5.53. The number of hydrogen-bond donors (Lipinski definition) is 3. The van der Waals surface area contributed by atoms with Crippen molar-refractivity contribution in [3.63, 3.8) is 0 Å². The smallest absolute Gasteiger partial charge is 0.224 e. The Bertz CT molecular complexity index is 859. The van der Waals surface area contributed by atoms with Crippen molar-refractivity contribution in [3.8, 4) is 11.5 Å². The number of benzene rings is 2. The first kappa shape index (κ1) is 25.9. The molecule has 0 bridgehead atoms. The van der Waals surface area contributed by atoms with Gasteiger partial charge in [-0.25, -0.2) is 4.39 Å². The molecular formula is C26H35FN2O5. The van der Waals surface area contributed by atoms with Crippen LogP contribution in [0.3, 0.4) is 0 Å². The van der Waals surface area contributed by atoms with E-state index in [9.17, 15) is 14.3 Å². The lowest BCUT2D eigenvalue weighted by atomic mass is 10.1. The highest BCUT2D eigenvalue weighted by Crippen LogP contribution is 2.21. The minimum absolute atomic E-state index is 0.131. The van der Waals surface area contributed by atoms with E-state index in [4.69, 9.17) is 14.2 Å². The molecule has 1 atom stereocenters. The highest BCUT2D eigenvalue weighted by molar-refractivity contribution is 5.78. The van der Waals surface area contributed by atoms with Crippen LogP contribution in [0.4, 0.5) is 4.39 Å². The Morgan fingerprint density at radius 3 is 2.50 bits per heavy atom. The predicted molar refractivity (Wildman–Crippen MR) is 128 cm³/mol. The van der Waals surface area contributed by atoms with Gasteiger partial charge < -0.3 is 30.0 Å². The normalized spacial score (nSPS) is 14.6. The van der Waals surface area contributed by atoms with E-state index in [0.29, 0.717) is 50.3 Å². The fourth-order valence-corrected chi connectivity index (χ4v) is 3.77. The molecule has 2 aromatic carbocycles. The summed E-state index contributed by atoms with van der Waals surface area (Å²) in [6.45, 7) is 2.51. The highest BCUT2D eigenvalue weighted by Gasteiger charge is 2.14. The van der Waals surface area contributed by atoms with Gasteiger partial charge in [0.15, 0.2) is 0 Å². The zero-order chi connectivity index (χ0) is 24.0. The van der Waals surface area contributed by atoms with Crippen molar-refractivity contribution in [1.29, 1.82) is 0 Å². The molecule has 0 radical (unpaired) electrons. The molecule has 0 heterocycles. The number of carbonyl (C=O) groups is 1. The van der Waals surface area contributed by atoms with Gasteiger partial charge in [0.25, 0.3) is 0 Å². The van der Waals surface area contributed by atoms with Gasteiger partial charge in [-0.2, -0.15) is 0 Å². The van der Waals surface area contributed by atoms with Crippen LogP contribution < -0.4 is 20.1 Å². The number of aliphatic hydroxyl groups excluding tert-OH is 1. The van der Waals surface area contributed by atoms with Crippen LogP contribution in [-0.4, -0.2) is 62.7 Å². The Labute approximate surface area is 200 Å². The van der Waals surface area contributed by atoms with Crippen molar-refractivity contribution in [2.24, 2.45) is 0 Å². The summed E-state index contributed by atoms with van der Waals surface area (Å²) in [4.78, 5) is 11.9. The Balaban J connectivity index is 1.20. The quantitative estimate of drug-likeness (QED) is 0.344. The molecule has 1 aliphatic rings. The molecule has 186 valence electrons. The fraction of sp³-hybridized carbons (Fsp3) is 0.500. The minimum atomic E-state index is -0.688. The number of hydrogen-bond acceptors (Lipinski definition) is 6. The van der Waals surface area contributed by atoms with Crippen LogP contribution in [0, 0.1) is 5.82 Å². The molecule has 2 aromatic rings. The first-order valence-electron chi connectivity index (χ1n) is 12.0. The largest absolute Gasteiger partial charge is 0.491 e. The summed E-state index contributed by atoms with van der Waals surface area (Å²) in [6.07, 6.45) is 4.67. The number of carbonyl (C=O) groups excluding carboxylic acids is 1. The van der Waals surface area contributed by atoms with Gasteiger partial charge in [0.05, 0.1) is 19.1 Å². The standard InChI is InChI=1S/C26H35FN2O5/c27-21-5-3-4-20(16-21)17-26(31)29-13-12-28-18-22(30)19-34-25-10-8-24(9-11-25)33-15-14-32-23-6-1-2-7-23/h3-5,8-11,16,22-23,28,30H,1-2,6-7,12-15,17-19H2,(H,29,31). The molecule has 1 saturated carbocycles. The lowest BCUT2D eigenvalue weighted by Crippen LogP contribution is -2.37. The molecule has 1 fully saturated rings. The van der Waals surface area contributed by atoms with Crippen LogP contribution in [-0.2, 0) is 16.0 Å². The topological polar surface area (TPSA) is 89.1 Å². The Morgan fingerprint density at radius 2 is 1.76 bits per heavy atom. The van der Waals surface area contributed by atoms with E-state index in [-0.39, 0.29) is 24.8 Å².